The number of rotatable bonds is 1. The summed E-state index contributed by atoms with van der Waals surface area (Å²) in [6, 6.07) is 53.5. The van der Waals surface area contributed by atoms with Crippen LogP contribution in [-0.2, 0) is 0 Å². The second-order valence-corrected chi connectivity index (χ2v) is 17.3. The minimum absolute atomic E-state index is 0.0585. The smallest absolute Gasteiger partial charge is 0.278 e. The van der Waals surface area contributed by atoms with Gasteiger partial charge < -0.3 is 8.80 Å². The van der Waals surface area contributed by atoms with E-state index in [0.29, 0.717) is 16.2 Å². The Morgan fingerprint density at radius 3 is 1.28 bits per heavy atom. The van der Waals surface area contributed by atoms with Crippen molar-refractivity contribution in [3.05, 3.63) is 195 Å². The van der Waals surface area contributed by atoms with Gasteiger partial charge in [0.05, 0.1) is 71.3 Å². The first-order valence-corrected chi connectivity index (χ1v) is 21.4. The van der Waals surface area contributed by atoms with E-state index in [2.05, 4.69) is 92.6 Å². The summed E-state index contributed by atoms with van der Waals surface area (Å²) in [5.41, 5.74) is 10.1. The number of hydrogen-bond donors (Lipinski definition) is 0. The molecule has 16 rings (SSSR count). The molecule has 7 heterocycles. The molecule has 0 amide bonds. The van der Waals surface area contributed by atoms with Gasteiger partial charge in [0.25, 0.3) is 16.7 Å². The van der Waals surface area contributed by atoms with Crippen molar-refractivity contribution >= 4 is 131 Å². The molecule has 16 aromatic rings. The van der Waals surface area contributed by atoms with Crippen molar-refractivity contribution in [3.8, 4) is 11.1 Å². The summed E-state index contributed by atoms with van der Waals surface area (Å²) in [6.07, 6.45) is 1.68. The van der Waals surface area contributed by atoms with Crippen LogP contribution in [-0.4, -0.2) is 22.6 Å². The molecule has 0 aliphatic rings. The fourth-order valence-electron chi connectivity index (χ4n) is 12.0. The predicted octanol–water partition coefficient (Wildman–Crippen LogP) is 11.7. The molecule has 0 spiro atoms. The van der Waals surface area contributed by atoms with Gasteiger partial charge in [0.15, 0.2) is 0 Å². The zero-order valence-corrected chi connectivity index (χ0v) is 33.5. The van der Waals surface area contributed by atoms with E-state index in [4.69, 9.17) is 0 Å². The van der Waals surface area contributed by atoms with E-state index < -0.39 is 0 Å². The highest BCUT2D eigenvalue weighted by Crippen LogP contribution is 2.47. The predicted molar refractivity (Wildman–Crippen MR) is 261 cm³/mol. The van der Waals surface area contributed by atoms with Crippen LogP contribution in [0, 0.1) is 0 Å². The molecule has 0 fully saturated rings. The minimum atomic E-state index is -0.270. The average Bonchev–Trinajstić information content (AvgIpc) is 4.12. The van der Waals surface area contributed by atoms with E-state index in [-0.39, 0.29) is 16.7 Å². The Morgan fingerprint density at radius 2 is 0.688 bits per heavy atom. The third kappa shape index (κ3) is 3.57. The Hall–Kier alpha value is -8.88. The summed E-state index contributed by atoms with van der Waals surface area (Å²) < 4.78 is 8.25. The Kier molecular flexibility index (Phi) is 5.62. The van der Waals surface area contributed by atoms with Gasteiger partial charge in [0.2, 0.25) is 0 Å². The quantitative estimate of drug-likeness (QED) is 0.165. The van der Waals surface area contributed by atoms with Gasteiger partial charge >= 0.3 is 0 Å². The fraction of sp³-hybridized carbons (Fsp3) is 0. The molecular weight excluding hydrogens is 791 g/mol. The summed E-state index contributed by atoms with van der Waals surface area (Å²) in [6.45, 7) is 0. The van der Waals surface area contributed by atoms with Crippen molar-refractivity contribution in [2.75, 3.05) is 0 Å². The van der Waals surface area contributed by atoms with Crippen LogP contribution >= 0.6 is 0 Å². The Bertz CT molecular complexity index is 5040. The zero-order valence-electron chi connectivity index (χ0n) is 33.5. The minimum Gasteiger partial charge on any atom is -0.306 e. The molecule has 8 heteroatoms. The van der Waals surface area contributed by atoms with Gasteiger partial charge in [0.1, 0.15) is 0 Å². The highest BCUT2D eigenvalue weighted by Gasteiger charge is 2.28. The highest BCUT2D eigenvalue weighted by atomic mass is 16.1. The molecule has 0 bridgehead atoms. The molecule has 294 valence electrons. The van der Waals surface area contributed by atoms with Crippen LogP contribution in [0.3, 0.4) is 0 Å². The van der Waals surface area contributed by atoms with Gasteiger partial charge in [-0.2, -0.15) is 0 Å². The van der Waals surface area contributed by atoms with Gasteiger partial charge in [-0.3, -0.25) is 23.2 Å². The molecule has 9 aromatic carbocycles. The van der Waals surface area contributed by atoms with Crippen molar-refractivity contribution in [2.24, 2.45) is 0 Å². The number of para-hydroxylation sites is 5. The molecule has 0 aliphatic carbocycles. The van der Waals surface area contributed by atoms with E-state index in [1.54, 1.807) is 6.20 Å². The van der Waals surface area contributed by atoms with Crippen molar-refractivity contribution in [3.63, 3.8) is 0 Å². The maximum atomic E-state index is 15.5. The number of nitrogens with zero attached hydrogens (tertiary/aromatic N) is 5. The summed E-state index contributed by atoms with van der Waals surface area (Å²) in [4.78, 5) is 48.4. The van der Waals surface area contributed by atoms with Gasteiger partial charge in [-0.05, 0) is 76.5 Å². The summed E-state index contributed by atoms with van der Waals surface area (Å²) in [7, 11) is 0. The Morgan fingerprint density at radius 1 is 0.297 bits per heavy atom. The van der Waals surface area contributed by atoms with E-state index in [1.165, 1.54) is 0 Å². The number of hydrogen-bond acceptors (Lipinski definition) is 4. The zero-order chi connectivity index (χ0) is 41.9. The SMILES string of the molecule is O=c1ncc2c1c1c3ccccc3n3c4ccc(-c5ccc6c(c5)c5c7ccccc7n7c(=O)c8ccccc8n8c9ccccc9c6c8c57)cc4c(=O)n4c5ccccc5c2c4c13. The molecular formula is C56H27N5O3. The molecule has 0 aliphatic heterocycles. The van der Waals surface area contributed by atoms with Crippen LogP contribution in [0.4, 0.5) is 0 Å². The molecule has 7 aromatic heterocycles. The number of aromatic nitrogens is 5. The first kappa shape index (κ1) is 32.8. The first-order chi connectivity index (χ1) is 31.6. The number of fused-ring (bicyclic) bond motifs is 22. The third-order valence-electron chi connectivity index (χ3n) is 14.4. The first-order valence-electron chi connectivity index (χ1n) is 21.4. The second kappa shape index (κ2) is 10.9. The molecule has 0 saturated heterocycles. The van der Waals surface area contributed by atoms with Crippen LogP contribution in [0.5, 0.6) is 0 Å². The Labute approximate surface area is 357 Å². The van der Waals surface area contributed by atoms with Gasteiger partial charge in [0, 0.05) is 54.7 Å². The van der Waals surface area contributed by atoms with Crippen molar-refractivity contribution < 1.29 is 0 Å². The van der Waals surface area contributed by atoms with Crippen molar-refractivity contribution in [2.45, 2.75) is 0 Å². The monoisotopic (exact) mass is 817 g/mol. The molecule has 64 heavy (non-hydrogen) atoms. The van der Waals surface area contributed by atoms with Gasteiger partial charge in [-0.25, -0.2) is 4.98 Å². The van der Waals surface area contributed by atoms with Crippen molar-refractivity contribution in [1.82, 2.24) is 22.6 Å². The second-order valence-electron chi connectivity index (χ2n) is 17.3. The van der Waals surface area contributed by atoms with Crippen LogP contribution in [0.1, 0.15) is 0 Å². The largest absolute Gasteiger partial charge is 0.306 e. The van der Waals surface area contributed by atoms with E-state index in [0.717, 1.165) is 126 Å². The lowest BCUT2D eigenvalue weighted by molar-refractivity contribution is 1.22. The highest BCUT2D eigenvalue weighted by molar-refractivity contribution is 6.38. The lowest BCUT2D eigenvalue weighted by Crippen LogP contribution is -2.09. The van der Waals surface area contributed by atoms with Crippen LogP contribution in [0.25, 0.3) is 142 Å². The van der Waals surface area contributed by atoms with Crippen LogP contribution in [0.15, 0.2) is 178 Å². The maximum absolute atomic E-state index is 15.5. The van der Waals surface area contributed by atoms with E-state index in [9.17, 15) is 9.59 Å². The number of benzene rings is 9. The van der Waals surface area contributed by atoms with Crippen LogP contribution in [0.2, 0.25) is 0 Å². The van der Waals surface area contributed by atoms with Crippen LogP contribution < -0.4 is 16.7 Å². The van der Waals surface area contributed by atoms with Gasteiger partial charge in [-0.15, -0.1) is 0 Å². The summed E-state index contributed by atoms with van der Waals surface area (Å²) in [5, 5.41) is 12.4. The topological polar surface area (TPSA) is 81.7 Å². The Balaban J connectivity index is 1.10. The van der Waals surface area contributed by atoms with Crippen molar-refractivity contribution in [1.29, 1.82) is 0 Å². The maximum Gasteiger partial charge on any atom is 0.278 e. The molecule has 0 unspecified atom stereocenters. The third-order valence-corrected chi connectivity index (χ3v) is 14.4. The van der Waals surface area contributed by atoms with E-state index >= 15 is 4.79 Å². The molecule has 8 nitrogen and oxygen atoms in total. The molecule has 0 N–H and O–H groups in total. The molecule has 0 saturated carbocycles. The van der Waals surface area contributed by atoms with Gasteiger partial charge in [-0.1, -0.05) is 103 Å². The summed E-state index contributed by atoms with van der Waals surface area (Å²) >= 11 is 0. The molecule has 0 radical (unpaired) electrons. The lowest BCUT2D eigenvalue weighted by atomic mass is 9.94. The molecule has 0 atom stereocenters. The fourth-order valence-corrected chi connectivity index (χ4v) is 12.0. The lowest BCUT2D eigenvalue weighted by Gasteiger charge is -2.10. The van der Waals surface area contributed by atoms with E-state index in [1.807, 2.05) is 87.7 Å². The average molecular weight is 818 g/mol. The normalized spacial score (nSPS) is 12.9. The standard InChI is InChI=1S/C56H27N5O3/c62-54-49-38(27-57-54)47-33-13-3-9-19-42(33)61-52(47)53-48(49)34-14-4-7-17-40(34)59(53)44-24-22-29(26-37(44)56(61)64)28-21-23-30-36(25-28)46-32-12-2-8-18-41(32)60-51(46)50-45(30)31-11-1-6-16-39(31)58(50)43-20-10-5-15-35(43)55(60)63/h1-27H. The summed E-state index contributed by atoms with van der Waals surface area (Å²) in [5.74, 6) is 0.